The van der Waals surface area contributed by atoms with Gasteiger partial charge in [-0.05, 0) is 63.3 Å². The normalized spacial score (nSPS) is 25.8. The summed E-state index contributed by atoms with van der Waals surface area (Å²) >= 11 is 0. The third-order valence-corrected chi connectivity index (χ3v) is 5.71. The van der Waals surface area contributed by atoms with Crippen LogP contribution in [0.3, 0.4) is 0 Å². The average Bonchev–Trinajstić information content (AvgIpc) is 2.97. The highest BCUT2D eigenvalue weighted by molar-refractivity contribution is 5.77. The second kappa shape index (κ2) is 7.42. The molecule has 1 amide bonds. The van der Waals surface area contributed by atoms with Crippen LogP contribution in [-0.2, 0) is 11.3 Å². The molecule has 1 aliphatic carbocycles. The number of rotatable bonds is 3. The van der Waals surface area contributed by atoms with Gasteiger partial charge in [-0.2, -0.15) is 0 Å². The SMILES string of the molecule is CN1C[C@@H]2C[C@H](N(C)Cc3ccc(C#CC(C)(C)O)cc3)C[C@@H]2CC1=O. The number of benzene rings is 1. The molecule has 0 bridgehead atoms. The van der Waals surface area contributed by atoms with Crippen LogP contribution in [-0.4, -0.2) is 53.1 Å². The number of hydrogen-bond donors (Lipinski definition) is 1. The fourth-order valence-corrected chi connectivity index (χ4v) is 4.18. The molecule has 4 heteroatoms. The second-order valence-electron chi connectivity index (χ2n) is 8.54. The maximum Gasteiger partial charge on any atom is 0.222 e. The Labute approximate surface area is 157 Å². The van der Waals surface area contributed by atoms with E-state index in [0.29, 0.717) is 23.8 Å². The van der Waals surface area contributed by atoms with Crippen LogP contribution in [0.5, 0.6) is 0 Å². The summed E-state index contributed by atoms with van der Waals surface area (Å²) in [6.45, 7) is 5.21. The molecule has 1 heterocycles. The van der Waals surface area contributed by atoms with Crippen molar-refractivity contribution < 1.29 is 9.90 Å². The first kappa shape index (κ1) is 18.9. The first-order chi connectivity index (χ1) is 12.2. The number of carbonyl (C=O) groups is 1. The lowest BCUT2D eigenvalue weighted by atomic mass is 9.88. The van der Waals surface area contributed by atoms with Crippen LogP contribution >= 0.6 is 0 Å². The molecule has 26 heavy (non-hydrogen) atoms. The molecule has 3 rings (SSSR count). The molecule has 1 aromatic carbocycles. The molecule has 0 radical (unpaired) electrons. The van der Waals surface area contributed by atoms with Crippen molar-refractivity contribution in [3.63, 3.8) is 0 Å². The molecule has 1 saturated heterocycles. The fraction of sp³-hybridized carbons (Fsp3) is 0.591. The van der Waals surface area contributed by atoms with E-state index < -0.39 is 5.60 Å². The first-order valence-corrected chi connectivity index (χ1v) is 9.50. The number of likely N-dealkylation sites (tertiary alicyclic amines) is 1. The Bertz CT molecular complexity index is 708. The van der Waals surface area contributed by atoms with Gasteiger partial charge in [0.1, 0.15) is 5.60 Å². The smallest absolute Gasteiger partial charge is 0.222 e. The molecule has 3 atom stereocenters. The number of carbonyl (C=O) groups excluding carboxylic acids is 1. The summed E-state index contributed by atoms with van der Waals surface area (Å²) in [6, 6.07) is 8.82. The minimum Gasteiger partial charge on any atom is -0.378 e. The molecule has 0 aromatic heterocycles. The number of aliphatic hydroxyl groups is 1. The maximum absolute atomic E-state index is 11.9. The zero-order valence-corrected chi connectivity index (χ0v) is 16.3. The van der Waals surface area contributed by atoms with E-state index >= 15 is 0 Å². The topological polar surface area (TPSA) is 43.8 Å². The van der Waals surface area contributed by atoms with Gasteiger partial charge in [0.15, 0.2) is 0 Å². The largest absolute Gasteiger partial charge is 0.378 e. The van der Waals surface area contributed by atoms with E-state index in [1.807, 2.05) is 24.1 Å². The van der Waals surface area contributed by atoms with Crippen LogP contribution in [0, 0.1) is 23.7 Å². The monoisotopic (exact) mass is 354 g/mol. The van der Waals surface area contributed by atoms with Gasteiger partial charge in [0.05, 0.1) is 0 Å². The Kier molecular flexibility index (Phi) is 5.41. The van der Waals surface area contributed by atoms with Crippen molar-refractivity contribution in [2.45, 2.75) is 51.3 Å². The standard InChI is InChI=1S/C22H30N2O2/c1-22(2,26)10-9-16-5-7-17(8-6-16)14-23(3)20-11-18-13-21(25)24(4)15-19(18)12-20/h5-8,18-20,26H,11-15H2,1-4H3/t18-,19+,20-/m1/s1. The Balaban J connectivity index is 1.57. The number of nitrogens with zero attached hydrogens (tertiary/aromatic N) is 2. The zero-order valence-electron chi connectivity index (χ0n) is 16.3. The molecule has 1 saturated carbocycles. The maximum atomic E-state index is 11.9. The third-order valence-electron chi connectivity index (χ3n) is 5.71. The molecule has 2 aliphatic rings. The molecule has 4 nitrogen and oxygen atoms in total. The molecule has 1 aliphatic heterocycles. The predicted molar refractivity (Wildman–Crippen MR) is 103 cm³/mol. The van der Waals surface area contributed by atoms with E-state index in [9.17, 15) is 9.90 Å². The summed E-state index contributed by atoms with van der Waals surface area (Å²) in [5.74, 6) is 7.38. The summed E-state index contributed by atoms with van der Waals surface area (Å²) in [4.78, 5) is 16.3. The highest BCUT2D eigenvalue weighted by Gasteiger charge is 2.41. The van der Waals surface area contributed by atoms with Crippen molar-refractivity contribution in [1.82, 2.24) is 9.80 Å². The van der Waals surface area contributed by atoms with Gasteiger partial charge in [-0.1, -0.05) is 24.0 Å². The lowest BCUT2D eigenvalue weighted by Crippen LogP contribution is -2.39. The van der Waals surface area contributed by atoms with Crippen LogP contribution in [0.25, 0.3) is 0 Å². The van der Waals surface area contributed by atoms with Gasteiger partial charge in [-0.25, -0.2) is 0 Å². The lowest BCUT2D eigenvalue weighted by molar-refractivity contribution is -0.134. The predicted octanol–water partition coefficient (Wildman–Crippen LogP) is 2.50. The summed E-state index contributed by atoms with van der Waals surface area (Å²) in [5.41, 5.74) is 1.23. The minimum atomic E-state index is -0.965. The Hall–Kier alpha value is -1.83. The molecule has 0 spiro atoms. The Morgan fingerprint density at radius 3 is 2.54 bits per heavy atom. The van der Waals surface area contributed by atoms with Gasteiger partial charge in [-0.15, -0.1) is 0 Å². The van der Waals surface area contributed by atoms with Crippen LogP contribution in [0.4, 0.5) is 0 Å². The molecule has 1 N–H and O–H groups in total. The van der Waals surface area contributed by atoms with E-state index in [4.69, 9.17) is 0 Å². The van der Waals surface area contributed by atoms with Gasteiger partial charge in [0.25, 0.3) is 0 Å². The zero-order chi connectivity index (χ0) is 18.9. The molecule has 140 valence electrons. The summed E-state index contributed by atoms with van der Waals surface area (Å²) in [5, 5.41) is 9.69. The van der Waals surface area contributed by atoms with Gasteiger partial charge in [-0.3, -0.25) is 9.69 Å². The van der Waals surface area contributed by atoms with Gasteiger partial charge >= 0.3 is 0 Å². The van der Waals surface area contributed by atoms with Crippen molar-refractivity contribution in [3.8, 4) is 11.8 Å². The van der Waals surface area contributed by atoms with Crippen LogP contribution < -0.4 is 0 Å². The lowest BCUT2D eigenvalue weighted by Gasteiger charge is -2.31. The minimum absolute atomic E-state index is 0.303. The highest BCUT2D eigenvalue weighted by Crippen LogP contribution is 2.40. The molecule has 2 fully saturated rings. The molecule has 0 unspecified atom stereocenters. The fourth-order valence-electron chi connectivity index (χ4n) is 4.18. The van der Waals surface area contributed by atoms with Crippen molar-refractivity contribution in [3.05, 3.63) is 35.4 Å². The van der Waals surface area contributed by atoms with Crippen molar-refractivity contribution in [2.75, 3.05) is 20.6 Å². The Morgan fingerprint density at radius 2 is 1.88 bits per heavy atom. The number of fused-ring (bicyclic) bond motifs is 1. The van der Waals surface area contributed by atoms with Gasteiger partial charge in [0, 0.05) is 38.2 Å². The van der Waals surface area contributed by atoms with Crippen molar-refractivity contribution >= 4 is 5.91 Å². The van der Waals surface area contributed by atoms with Crippen LogP contribution in [0.1, 0.15) is 44.2 Å². The van der Waals surface area contributed by atoms with E-state index in [0.717, 1.165) is 31.5 Å². The number of piperidine rings is 1. The summed E-state index contributed by atoms with van der Waals surface area (Å²) < 4.78 is 0. The van der Waals surface area contributed by atoms with E-state index in [1.165, 1.54) is 12.0 Å². The summed E-state index contributed by atoms with van der Waals surface area (Å²) in [7, 11) is 4.12. The van der Waals surface area contributed by atoms with Crippen molar-refractivity contribution in [2.24, 2.45) is 11.8 Å². The van der Waals surface area contributed by atoms with E-state index in [2.05, 4.69) is 35.9 Å². The van der Waals surface area contributed by atoms with Gasteiger partial charge in [0.2, 0.25) is 5.91 Å². The Morgan fingerprint density at radius 1 is 1.23 bits per heavy atom. The number of amides is 1. The first-order valence-electron chi connectivity index (χ1n) is 9.50. The quantitative estimate of drug-likeness (QED) is 0.848. The second-order valence-corrected chi connectivity index (χ2v) is 8.54. The molecular formula is C22H30N2O2. The van der Waals surface area contributed by atoms with Gasteiger partial charge < -0.3 is 10.0 Å². The van der Waals surface area contributed by atoms with E-state index in [1.54, 1.807) is 13.8 Å². The van der Waals surface area contributed by atoms with Crippen LogP contribution in [0.2, 0.25) is 0 Å². The van der Waals surface area contributed by atoms with E-state index in [-0.39, 0.29) is 0 Å². The average molecular weight is 354 g/mol. The highest BCUT2D eigenvalue weighted by atomic mass is 16.3. The third kappa shape index (κ3) is 4.66. The molecular weight excluding hydrogens is 324 g/mol. The van der Waals surface area contributed by atoms with Crippen LogP contribution in [0.15, 0.2) is 24.3 Å². The molecule has 1 aromatic rings. The summed E-state index contributed by atoms with van der Waals surface area (Å²) in [6.07, 6.45) is 3.05. The van der Waals surface area contributed by atoms with Crippen molar-refractivity contribution in [1.29, 1.82) is 0 Å². The number of hydrogen-bond acceptors (Lipinski definition) is 3.